The molecule has 0 aromatic carbocycles. The minimum Gasteiger partial charge on any atom is -0.384 e. The third-order valence-corrected chi connectivity index (χ3v) is 5.78. The minimum atomic E-state index is 0.610. The summed E-state index contributed by atoms with van der Waals surface area (Å²) in [5.74, 6) is 4.65. The van der Waals surface area contributed by atoms with Crippen LogP contribution in [0.2, 0.25) is 0 Å². The molecule has 1 aromatic heterocycles. The number of aryl methyl sites for hydroxylation is 1. The van der Waals surface area contributed by atoms with Crippen molar-refractivity contribution in [2.24, 2.45) is 23.7 Å². The maximum Gasteiger partial charge on any atom is 0.122 e. The maximum absolute atomic E-state index is 6.25. The highest BCUT2D eigenvalue weighted by Crippen LogP contribution is 2.58. The number of anilines is 1. The van der Waals surface area contributed by atoms with Crippen LogP contribution in [0.5, 0.6) is 0 Å². The van der Waals surface area contributed by atoms with Crippen LogP contribution in [0, 0.1) is 23.7 Å². The summed E-state index contributed by atoms with van der Waals surface area (Å²) in [6, 6.07) is 2.72. The first-order valence-electron chi connectivity index (χ1n) is 8.08. The van der Waals surface area contributed by atoms with Gasteiger partial charge in [0.25, 0.3) is 0 Å². The van der Waals surface area contributed by atoms with E-state index in [2.05, 4.69) is 17.7 Å². The van der Waals surface area contributed by atoms with Crippen LogP contribution in [-0.2, 0) is 6.42 Å². The van der Waals surface area contributed by atoms with Crippen molar-refractivity contribution in [1.82, 2.24) is 9.78 Å². The Morgan fingerprint density at radius 2 is 1.79 bits per heavy atom. The molecule has 1 aromatic rings. The van der Waals surface area contributed by atoms with Crippen molar-refractivity contribution in [1.29, 1.82) is 0 Å². The SMILES string of the molecule is CCCc1cc(N)n(C2C3CC4CC(C3)CC2C4)n1. The van der Waals surface area contributed by atoms with E-state index >= 15 is 0 Å². The lowest BCUT2D eigenvalue weighted by atomic mass is 9.54. The first-order valence-corrected chi connectivity index (χ1v) is 8.08. The van der Waals surface area contributed by atoms with Crippen LogP contribution in [0.1, 0.15) is 57.2 Å². The fourth-order valence-corrected chi connectivity index (χ4v) is 5.37. The number of hydrogen-bond donors (Lipinski definition) is 1. The van der Waals surface area contributed by atoms with Gasteiger partial charge in [0, 0.05) is 6.07 Å². The number of nitrogens with zero attached hydrogens (tertiary/aromatic N) is 2. The summed E-state index contributed by atoms with van der Waals surface area (Å²) >= 11 is 0. The molecule has 5 rings (SSSR count). The molecule has 0 amide bonds. The fourth-order valence-electron chi connectivity index (χ4n) is 5.37. The summed E-state index contributed by atoms with van der Waals surface area (Å²) in [6.45, 7) is 2.21. The Morgan fingerprint density at radius 3 is 2.37 bits per heavy atom. The predicted octanol–water partition coefficient (Wildman–Crippen LogP) is 3.42. The van der Waals surface area contributed by atoms with Crippen molar-refractivity contribution in [2.45, 2.75) is 57.9 Å². The Bertz CT molecular complexity index is 448. The van der Waals surface area contributed by atoms with E-state index in [1.807, 2.05) is 0 Å². The molecule has 4 fully saturated rings. The molecule has 4 bridgehead atoms. The maximum atomic E-state index is 6.25. The van der Waals surface area contributed by atoms with Gasteiger partial charge in [0.1, 0.15) is 5.82 Å². The van der Waals surface area contributed by atoms with Gasteiger partial charge in [-0.1, -0.05) is 13.3 Å². The van der Waals surface area contributed by atoms with Gasteiger partial charge >= 0.3 is 0 Å². The molecule has 1 heterocycles. The molecule has 0 atom stereocenters. The summed E-state index contributed by atoms with van der Waals surface area (Å²) in [4.78, 5) is 0. The highest BCUT2D eigenvalue weighted by molar-refractivity contribution is 5.32. The molecule has 19 heavy (non-hydrogen) atoms. The van der Waals surface area contributed by atoms with Crippen molar-refractivity contribution < 1.29 is 0 Å². The second kappa shape index (κ2) is 4.26. The molecule has 0 radical (unpaired) electrons. The van der Waals surface area contributed by atoms with Crippen LogP contribution in [-0.4, -0.2) is 9.78 Å². The third kappa shape index (κ3) is 1.81. The van der Waals surface area contributed by atoms with E-state index in [1.54, 1.807) is 0 Å². The topological polar surface area (TPSA) is 43.8 Å². The van der Waals surface area contributed by atoms with Gasteiger partial charge in [-0.25, -0.2) is 4.68 Å². The second-order valence-electron chi connectivity index (χ2n) is 7.18. The van der Waals surface area contributed by atoms with Crippen LogP contribution in [0.4, 0.5) is 5.82 Å². The molecule has 0 aliphatic heterocycles. The van der Waals surface area contributed by atoms with Gasteiger partial charge in [-0.2, -0.15) is 5.10 Å². The molecular formula is C16H25N3. The van der Waals surface area contributed by atoms with Gasteiger partial charge in [-0.15, -0.1) is 0 Å². The number of nitrogen functional groups attached to an aromatic ring is 1. The van der Waals surface area contributed by atoms with Gasteiger partial charge in [0.05, 0.1) is 11.7 Å². The first kappa shape index (κ1) is 11.8. The van der Waals surface area contributed by atoms with Crippen LogP contribution >= 0.6 is 0 Å². The summed E-state index contributed by atoms with van der Waals surface area (Å²) in [6.07, 6.45) is 9.44. The Morgan fingerprint density at radius 1 is 1.16 bits per heavy atom. The molecule has 3 heteroatoms. The number of aromatic nitrogens is 2. The van der Waals surface area contributed by atoms with Crippen LogP contribution in [0.3, 0.4) is 0 Å². The molecule has 4 aliphatic carbocycles. The Kier molecular flexibility index (Phi) is 2.64. The lowest BCUT2D eigenvalue weighted by Crippen LogP contribution is -2.46. The van der Waals surface area contributed by atoms with E-state index < -0.39 is 0 Å². The molecule has 3 nitrogen and oxygen atoms in total. The average Bonchev–Trinajstić information content (AvgIpc) is 2.69. The van der Waals surface area contributed by atoms with E-state index in [0.29, 0.717) is 6.04 Å². The van der Waals surface area contributed by atoms with Gasteiger partial charge in [0.2, 0.25) is 0 Å². The van der Waals surface area contributed by atoms with E-state index in [1.165, 1.54) is 37.8 Å². The highest BCUT2D eigenvalue weighted by atomic mass is 15.3. The van der Waals surface area contributed by atoms with Crippen molar-refractivity contribution in [3.8, 4) is 0 Å². The van der Waals surface area contributed by atoms with Crippen molar-refractivity contribution in [3.63, 3.8) is 0 Å². The number of nitrogens with two attached hydrogens (primary N) is 1. The highest BCUT2D eigenvalue weighted by Gasteiger charge is 2.49. The summed E-state index contributed by atoms with van der Waals surface area (Å²) in [5, 5.41) is 4.84. The molecule has 104 valence electrons. The van der Waals surface area contributed by atoms with Crippen LogP contribution < -0.4 is 5.73 Å². The lowest BCUT2D eigenvalue weighted by Gasteiger charge is -2.54. The predicted molar refractivity (Wildman–Crippen MR) is 76.7 cm³/mol. The third-order valence-electron chi connectivity index (χ3n) is 5.78. The Labute approximate surface area is 115 Å². The van der Waals surface area contributed by atoms with Gasteiger partial charge < -0.3 is 5.73 Å². The second-order valence-corrected chi connectivity index (χ2v) is 7.18. The van der Waals surface area contributed by atoms with E-state index in [9.17, 15) is 0 Å². The quantitative estimate of drug-likeness (QED) is 0.904. The Balaban J connectivity index is 1.65. The van der Waals surface area contributed by atoms with Crippen LogP contribution in [0.15, 0.2) is 6.07 Å². The molecular weight excluding hydrogens is 234 g/mol. The van der Waals surface area contributed by atoms with Gasteiger partial charge in [-0.05, 0) is 62.2 Å². The number of rotatable bonds is 3. The largest absolute Gasteiger partial charge is 0.384 e. The summed E-state index contributed by atoms with van der Waals surface area (Å²) in [7, 11) is 0. The summed E-state index contributed by atoms with van der Waals surface area (Å²) in [5.41, 5.74) is 7.44. The van der Waals surface area contributed by atoms with E-state index in [0.717, 1.165) is 42.3 Å². The van der Waals surface area contributed by atoms with Crippen molar-refractivity contribution >= 4 is 5.82 Å². The Hall–Kier alpha value is -0.990. The average molecular weight is 259 g/mol. The zero-order valence-electron chi connectivity index (χ0n) is 11.9. The lowest BCUT2D eigenvalue weighted by molar-refractivity contribution is -0.0328. The van der Waals surface area contributed by atoms with Crippen molar-refractivity contribution in [3.05, 3.63) is 11.8 Å². The molecule has 4 aliphatic rings. The molecule has 0 unspecified atom stereocenters. The van der Waals surface area contributed by atoms with Crippen LogP contribution in [0.25, 0.3) is 0 Å². The van der Waals surface area contributed by atoms with E-state index in [-0.39, 0.29) is 0 Å². The zero-order valence-corrected chi connectivity index (χ0v) is 11.9. The van der Waals surface area contributed by atoms with Crippen molar-refractivity contribution in [2.75, 3.05) is 5.73 Å². The zero-order chi connectivity index (χ0) is 13.0. The molecule has 0 saturated heterocycles. The standard InChI is InChI=1S/C16H25N3/c1-2-3-14-9-15(17)19(18-14)16-12-5-10-4-11(7-12)8-13(16)6-10/h9-13,16H,2-8,17H2,1H3. The smallest absolute Gasteiger partial charge is 0.122 e. The first-order chi connectivity index (χ1) is 9.24. The van der Waals surface area contributed by atoms with Gasteiger partial charge in [0.15, 0.2) is 0 Å². The normalized spacial score (nSPS) is 39.9. The number of hydrogen-bond acceptors (Lipinski definition) is 2. The molecule has 2 N–H and O–H groups in total. The van der Waals surface area contributed by atoms with E-state index in [4.69, 9.17) is 10.8 Å². The molecule has 4 saturated carbocycles. The fraction of sp³-hybridized carbons (Fsp3) is 0.812. The summed E-state index contributed by atoms with van der Waals surface area (Å²) < 4.78 is 2.21. The minimum absolute atomic E-state index is 0.610. The monoisotopic (exact) mass is 259 g/mol. The molecule has 0 spiro atoms. The van der Waals surface area contributed by atoms with Gasteiger partial charge in [-0.3, -0.25) is 0 Å².